The topological polar surface area (TPSA) is 72.9 Å². The number of aliphatic hydroxyl groups is 1. The number of carbonyl (C=O) groups excluding carboxylic acids is 2. The fraction of sp³-hybridized carbons (Fsp3) is 0.600. The maximum Gasteiger partial charge on any atom is 0.243 e. The van der Waals surface area contributed by atoms with Gasteiger partial charge in [-0.2, -0.15) is 0 Å². The Labute approximate surface area is 159 Å². The molecule has 2 N–H and O–H groups in total. The maximum atomic E-state index is 13.0. The Morgan fingerprint density at radius 3 is 2.59 bits per heavy atom. The molecule has 2 aliphatic rings. The van der Waals surface area contributed by atoms with Crippen molar-refractivity contribution >= 4 is 11.8 Å². The number of nitrogens with zero attached hydrogens (tertiary/aromatic N) is 2. The fourth-order valence-corrected chi connectivity index (χ4v) is 4.32. The van der Waals surface area contributed by atoms with Crippen molar-refractivity contribution in [3.63, 3.8) is 0 Å². The smallest absolute Gasteiger partial charge is 0.243 e. The average molecular weight is 377 g/mol. The van der Waals surface area contributed by atoms with Crippen LogP contribution in [0.3, 0.4) is 0 Å². The summed E-state index contributed by atoms with van der Waals surface area (Å²) in [5.41, 5.74) is 0.387. The van der Waals surface area contributed by atoms with Crippen molar-refractivity contribution in [3.05, 3.63) is 35.6 Å². The highest BCUT2D eigenvalue weighted by Crippen LogP contribution is 2.37. The molecular formula is C20H28FN3O3. The van der Waals surface area contributed by atoms with Gasteiger partial charge in [-0.15, -0.1) is 0 Å². The number of β-amino-alcohol motifs (C(OH)–C–C–N with tert-alkyl or cyclic N) is 1. The van der Waals surface area contributed by atoms with Crippen LogP contribution in [0.5, 0.6) is 0 Å². The second kappa shape index (κ2) is 8.80. The molecular weight excluding hydrogens is 349 g/mol. The molecule has 6 nitrogen and oxygen atoms in total. The third kappa shape index (κ3) is 4.47. The van der Waals surface area contributed by atoms with E-state index in [1.54, 1.807) is 17.0 Å². The zero-order chi connectivity index (χ0) is 19.3. The van der Waals surface area contributed by atoms with Crippen molar-refractivity contribution in [2.45, 2.75) is 37.6 Å². The molecule has 27 heavy (non-hydrogen) atoms. The number of likely N-dealkylation sites (tertiary alicyclic amines) is 2. The molecule has 2 fully saturated rings. The quantitative estimate of drug-likeness (QED) is 0.742. The lowest BCUT2D eigenvalue weighted by Gasteiger charge is -2.44. The Morgan fingerprint density at radius 1 is 1.19 bits per heavy atom. The van der Waals surface area contributed by atoms with Gasteiger partial charge in [0.1, 0.15) is 11.4 Å². The predicted octanol–water partition coefficient (Wildman–Crippen LogP) is 0.934. The molecule has 1 unspecified atom stereocenters. The van der Waals surface area contributed by atoms with Gasteiger partial charge >= 0.3 is 0 Å². The number of nitrogens with one attached hydrogen (secondary N) is 1. The summed E-state index contributed by atoms with van der Waals surface area (Å²) in [5.74, 6) is -0.306. The van der Waals surface area contributed by atoms with Crippen molar-refractivity contribution in [1.82, 2.24) is 15.1 Å². The number of carbonyl (C=O) groups is 2. The van der Waals surface area contributed by atoms with E-state index in [9.17, 15) is 19.1 Å². The minimum absolute atomic E-state index is 0.0360. The monoisotopic (exact) mass is 377 g/mol. The summed E-state index contributed by atoms with van der Waals surface area (Å²) >= 11 is 0. The Bertz CT molecular complexity index is 665. The normalized spacial score (nSPS) is 23.2. The van der Waals surface area contributed by atoms with E-state index in [-0.39, 0.29) is 30.8 Å². The minimum Gasteiger partial charge on any atom is -0.395 e. The van der Waals surface area contributed by atoms with Gasteiger partial charge in [-0.25, -0.2) is 4.39 Å². The molecule has 0 aromatic heterocycles. The van der Waals surface area contributed by atoms with Gasteiger partial charge in [0.15, 0.2) is 0 Å². The van der Waals surface area contributed by atoms with Crippen LogP contribution in [0.1, 0.15) is 31.2 Å². The van der Waals surface area contributed by atoms with E-state index < -0.39 is 5.54 Å². The van der Waals surface area contributed by atoms with Crippen LogP contribution >= 0.6 is 0 Å². The number of rotatable bonds is 7. The molecule has 7 heteroatoms. The second-order valence-corrected chi connectivity index (χ2v) is 7.40. The van der Waals surface area contributed by atoms with Gasteiger partial charge in [-0.1, -0.05) is 12.1 Å². The summed E-state index contributed by atoms with van der Waals surface area (Å²) in [4.78, 5) is 29.1. The number of hydrogen-bond acceptors (Lipinski definition) is 4. The first-order valence-electron chi connectivity index (χ1n) is 9.71. The van der Waals surface area contributed by atoms with Crippen molar-refractivity contribution in [2.24, 2.45) is 0 Å². The highest BCUT2D eigenvalue weighted by Gasteiger charge is 2.50. The fourth-order valence-electron chi connectivity index (χ4n) is 4.32. The Hall–Kier alpha value is -1.99. The number of benzene rings is 1. The van der Waals surface area contributed by atoms with Crippen LogP contribution in [0.15, 0.2) is 24.3 Å². The van der Waals surface area contributed by atoms with Gasteiger partial charge in [0.2, 0.25) is 11.8 Å². The zero-order valence-electron chi connectivity index (χ0n) is 15.6. The van der Waals surface area contributed by atoms with Crippen molar-refractivity contribution in [2.75, 3.05) is 39.3 Å². The van der Waals surface area contributed by atoms with Crippen molar-refractivity contribution in [3.8, 4) is 0 Å². The lowest BCUT2D eigenvalue weighted by atomic mass is 9.85. The maximum absolute atomic E-state index is 13.0. The van der Waals surface area contributed by atoms with E-state index >= 15 is 0 Å². The first-order chi connectivity index (χ1) is 13.0. The van der Waals surface area contributed by atoms with Crippen LogP contribution < -0.4 is 5.32 Å². The largest absolute Gasteiger partial charge is 0.395 e. The van der Waals surface area contributed by atoms with Gasteiger partial charge in [-0.3, -0.25) is 14.5 Å². The molecule has 3 rings (SSSR count). The van der Waals surface area contributed by atoms with Crippen LogP contribution in [-0.4, -0.2) is 71.6 Å². The lowest BCUT2D eigenvalue weighted by Crippen LogP contribution is -2.61. The van der Waals surface area contributed by atoms with E-state index in [4.69, 9.17) is 0 Å². The number of halogens is 1. The van der Waals surface area contributed by atoms with Gasteiger partial charge < -0.3 is 15.3 Å². The first kappa shape index (κ1) is 19.8. The van der Waals surface area contributed by atoms with Crippen molar-refractivity contribution < 1.29 is 19.1 Å². The molecule has 0 saturated carbocycles. The van der Waals surface area contributed by atoms with Crippen LogP contribution in [0.2, 0.25) is 0 Å². The third-order valence-corrected chi connectivity index (χ3v) is 5.68. The first-order valence-corrected chi connectivity index (χ1v) is 9.71. The molecule has 2 aliphatic heterocycles. The molecule has 1 aromatic rings. The van der Waals surface area contributed by atoms with Crippen LogP contribution in [-0.2, 0) is 16.0 Å². The SMILES string of the molecule is O=C(CN1CCCC12CCCN(CCO)C2=O)NCCc1ccc(F)cc1. The molecule has 2 amide bonds. The van der Waals surface area contributed by atoms with E-state index in [1.807, 2.05) is 4.90 Å². The molecule has 0 bridgehead atoms. The summed E-state index contributed by atoms with van der Waals surface area (Å²) in [6.07, 6.45) is 3.99. The third-order valence-electron chi connectivity index (χ3n) is 5.68. The van der Waals surface area contributed by atoms with Gasteiger partial charge in [0, 0.05) is 19.6 Å². The molecule has 2 saturated heterocycles. The Morgan fingerprint density at radius 2 is 1.89 bits per heavy atom. The number of aliphatic hydroxyl groups excluding tert-OH is 1. The lowest BCUT2D eigenvalue weighted by molar-refractivity contribution is -0.148. The highest BCUT2D eigenvalue weighted by molar-refractivity contribution is 5.88. The number of piperidine rings is 1. The molecule has 2 heterocycles. The molecule has 0 aliphatic carbocycles. The Kier molecular flexibility index (Phi) is 6.44. The highest BCUT2D eigenvalue weighted by atomic mass is 19.1. The summed E-state index contributed by atoms with van der Waals surface area (Å²) in [7, 11) is 0. The summed E-state index contributed by atoms with van der Waals surface area (Å²) in [6, 6.07) is 6.26. The molecule has 148 valence electrons. The number of hydrogen-bond donors (Lipinski definition) is 2. The molecule has 1 atom stereocenters. The zero-order valence-corrected chi connectivity index (χ0v) is 15.6. The number of amides is 2. The standard InChI is InChI=1S/C20H28FN3O3/c21-17-5-3-16(4-6-17)7-10-22-18(26)15-24-12-2-9-20(24)8-1-11-23(13-14-25)19(20)27/h3-6,25H,1-2,7-15H2,(H,22,26). The van der Waals surface area contributed by atoms with E-state index in [1.165, 1.54) is 12.1 Å². The summed E-state index contributed by atoms with van der Waals surface area (Å²) in [6.45, 7) is 2.44. The molecule has 1 spiro atoms. The van der Waals surface area contributed by atoms with Crippen molar-refractivity contribution in [1.29, 1.82) is 0 Å². The van der Waals surface area contributed by atoms with Gasteiger partial charge in [0.05, 0.1) is 13.2 Å². The second-order valence-electron chi connectivity index (χ2n) is 7.40. The van der Waals surface area contributed by atoms with E-state index in [0.717, 1.165) is 37.8 Å². The predicted molar refractivity (Wildman–Crippen MR) is 99.6 cm³/mol. The average Bonchev–Trinajstić information content (AvgIpc) is 3.04. The molecule has 0 radical (unpaired) electrons. The van der Waals surface area contributed by atoms with Crippen LogP contribution in [0, 0.1) is 5.82 Å². The Balaban J connectivity index is 1.53. The van der Waals surface area contributed by atoms with E-state index in [2.05, 4.69) is 5.32 Å². The minimum atomic E-state index is -0.582. The summed E-state index contributed by atoms with van der Waals surface area (Å²) < 4.78 is 12.9. The van der Waals surface area contributed by atoms with E-state index in [0.29, 0.717) is 26.1 Å². The van der Waals surface area contributed by atoms with Crippen LogP contribution in [0.25, 0.3) is 0 Å². The summed E-state index contributed by atoms with van der Waals surface area (Å²) in [5, 5.41) is 12.1. The van der Waals surface area contributed by atoms with Crippen LogP contribution in [0.4, 0.5) is 4.39 Å². The molecule has 1 aromatic carbocycles. The van der Waals surface area contributed by atoms with Gasteiger partial charge in [0.25, 0.3) is 0 Å². The van der Waals surface area contributed by atoms with Gasteiger partial charge in [-0.05, 0) is 56.3 Å².